The summed E-state index contributed by atoms with van der Waals surface area (Å²) in [4.78, 5) is 13.5. The summed E-state index contributed by atoms with van der Waals surface area (Å²) in [6.45, 7) is 3.98. The van der Waals surface area contributed by atoms with E-state index in [9.17, 15) is 4.79 Å². The molecule has 0 atom stereocenters. The molecule has 1 saturated carbocycles. The largest absolute Gasteiger partial charge is 0.383 e. The predicted molar refractivity (Wildman–Crippen MR) is 53.1 cm³/mol. The Labute approximate surface area is 85.2 Å². The van der Waals surface area contributed by atoms with Gasteiger partial charge in [0.1, 0.15) is 6.61 Å². The second-order valence-corrected chi connectivity index (χ2v) is 3.45. The zero-order valence-corrected chi connectivity index (χ0v) is 8.99. The molecule has 82 valence electrons. The summed E-state index contributed by atoms with van der Waals surface area (Å²) in [5.74, 6) is 0.0893. The van der Waals surface area contributed by atoms with Crippen LogP contribution in [0.1, 0.15) is 19.8 Å². The number of hydrogen-bond acceptors (Lipinski definition) is 3. The van der Waals surface area contributed by atoms with Crippen molar-refractivity contribution in [1.29, 1.82) is 0 Å². The molecule has 1 aliphatic rings. The first-order valence-electron chi connectivity index (χ1n) is 5.15. The third kappa shape index (κ3) is 3.64. The molecule has 4 nitrogen and oxygen atoms in total. The van der Waals surface area contributed by atoms with Gasteiger partial charge < -0.3 is 14.4 Å². The van der Waals surface area contributed by atoms with E-state index in [1.165, 1.54) is 0 Å². The van der Waals surface area contributed by atoms with Crippen LogP contribution in [-0.4, -0.2) is 50.3 Å². The maximum absolute atomic E-state index is 11.6. The third-order valence-corrected chi connectivity index (χ3v) is 2.27. The molecule has 1 fully saturated rings. The molecule has 0 aliphatic heterocycles. The molecule has 0 bridgehead atoms. The zero-order valence-electron chi connectivity index (χ0n) is 8.99. The molecule has 4 heteroatoms. The highest BCUT2D eigenvalue weighted by Crippen LogP contribution is 2.26. The molecule has 14 heavy (non-hydrogen) atoms. The smallest absolute Gasteiger partial charge is 0.248 e. The van der Waals surface area contributed by atoms with Crippen LogP contribution in [0.4, 0.5) is 0 Å². The molecule has 0 aromatic rings. The van der Waals surface area contributed by atoms with E-state index in [4.69, 9.17) is 9.47 Å². The number of nitrogens with zero attached hydrogens (tertiary/aromatic N) is 1. The first-order valence-corrected chi connectivity index (χ1v) is 5.15. The second-order valence-electron chi connectivity index (χ2n) is 3.45. The minimum atomic E-state index is 0.0893. The Morgan fingerprint density at radius 2 is 2.21 bits per heavy atom. The number of hydrogen-bond donors (Lipinski definition) is 0. The van der Waals surface area contributed by atoms with E-state index in [0.717, 1.165) is 12.8 Å². The standard InChI is InChI=1S/C10H19NO3/c1-3-14-8-10(12)11(6-7-13-2)9-4-5-9/h9H,3-8H2,1-2H3. The van der Waals surface area contributed by atoms with E-state index >= 15 is 0 Å². The number of amides is 1. The van der Waals surface area contributed by atoms with Crippen LogP contribution in [-0.2, 0) is 14.3 Å². The summed E-state index contributed by atoms with van der Waals surface area (Å²) in [5.41, 5.74) is 0. The molecule has 0 aromatic heterocycles. The number of carbonyl (C=O) groups is 1. The highest BCUT2D eigenvalue weighted by Gasteiger charge is 2.31. The Kier molecular flexibility index (Phi) is 4.90. The normalized spacial score (nSPS) is 15.6. The number of carbonyl (C=O) groups excluding carboxylic acids is 1. The molecule has 0 heterocycles. The monoisotopic (exact) mass is 201 g/mol. The van der Waals surface area contributed by atoms with E-state index in [1.807, 2.05) is 11.8 Å². The predicted octanol–water partition coefficient (Wildman–Crippen LogP) is 0.660. The Hall–Kier alpha value is -0.610. The highest BCUT2D eigenvalue weighted by molar-refractivity contribution is 5.78. The Morgan fingerprint density at radius 1 is 1.50 bits per heavy atom. The van der Waals surface area contributed by atoms with Crippen molar-refractivity contribution in [3.05, 3.63) is 0 Å². The van der Waals surface area contributed by atoms with Crippen LogP contribution in [0.2, 0.25) is 0 Å². The van der Waals surface area contributed by atoms with Crippen molar-refractivity contribution >= 4 is 5.91 Å². The van der Waals surface area contributed by atoms with Gasteiger partial charge in [-0.05, 0) is 19.8 Å². The van der Waals surface area contributed by atoms with Gasteiger partial charge in [-0.3, -0.25) is 4.79 Å². The van der Waals surface area contributed by atoms with Crippen molar-refractivity contribution in [3.8, 4) is 0 Å². The van der Waals surface area contributed by atoms with Crippen LogP contribution < -0.4 is 0 Å². The Balaban J connectivity index is 2.28. The number of methoxy groups -OCH3 is 1. The van der Waals surface area contributed by atoms with Crippen LogP contribution in [0.5, 0.6) is 0 Å². The average molecular weight is 201 g/mol. The van der Waals surface area contributed by atoms with Crippen molar-refractivity contribution in [2.24, 2.45) is 0 Å². The molecule has 0 saturated heterocycles. The van der Waals surface area contributed by atoms with E-state index in [1.54, 1.807) is 7.11 Å². The van der Waals surface area contributed by atoms with E-state index in [2.05, 4.69) is 0 Å². The molecule has 1 amide bonds. The highest BCUT2D eigenvalue weighted by atomic mass is 16.5. The van der Waals surface area contributed by atoms with E-state index in [-0.39, 0.29) is 12.5 Å². The molecule has 0 spiro atoms. The minimum Gasteiger partial charge on any atom is -0.383 e. The van der Waals surface area contributed by atoms with Gasteiger partial charge in [-0.1, -0.05) is 0 Å². The van der Waals surface area contributed by atoms with Gasteiger partial charge in [-0.25, -0.2) is 0 Å². The van der Waals surface area contributed by atoms with Crippen molar-refractivity contribution in [2.45, 2.75) is 25.8 Å². The fraction of sp³-hybridized carbons (Fsp3) is 0.900. The fourth-order valence-electron chi connectivity index (χ4n) is 1.36. The maximum atomic E-state index is 11.6. The molecule has 0 N–H and O–H groups in total. The molecule has 1 aliphatic carbocycles. The van der Waals surface area contributed by atoms with Gasteiger partial charge in [-0.2, -0.15) is 0 Å². The van der Waals surface area contributed by atoms with Crippen molar-refractivity contribution < 1.29 is 14.3 Å². The number of rotatable bonds is 7. The maximum Gasteiger partial charge on any atom is 0.248 e. The second kappa shape index (κ2) is 5.98. The minimum absolute atomic E-state index is 0.0893. The topological polar surface area (TPSA) is 38.8 Å². The molecule has 0 unspecified atom stereocenters. The third-order valence-electron chi connectivity index (χ3n) is 2.27. The van der Waals surface area contributed by atoms with Gasteiger partial charge in [0.15, 0.2) is 0 Å². The van der Waals surface area contributed by atoms with Gasteiger partial charge >= 0.3 is 0 Å². The van der Waals surface area contributed by atoms with Crippen LogP contribution in [0, 0.1) is 0 Å². The summed E-state index contributed by atoms with van der Waals surface area (Å²) < 4.78 is 10.1. The van der Waals surface area contributed by atoms with Gasteiger partial charge in [0, 0.05) is 26.3 Å². The first-order chi connectivity index (χ1) is 6.79. The Bertz CT molecular complexity index is 180. The van der Waals surface area contributed by atoms with Gasteiger partial charge in [0.25, 0.3) is 0 Å². The van der Waals surface area contributed by atoms with Gasteiger partial charge in [0.05, 0.1) is 6.61 Å². The summed E-state index contributed by atoms with van der Waals surface area (Å²) in [6.07, 6.45) is 2.25. The van der Waals surface area contributed by atoms with E-state index in [0.29, 0.717) is 25.8 Å². The average Bonchev–Trinajstić information content (AvgIpc) is 2.99. The van der Waals surface area contributed by atoms with Crippen molar-refractivity contribution in [2.75, 3.05) is 33.5 Å². The molecular weight excluding hydrogens is 182 g/mol. The van der Waals surface area contributed by atoms with Crippen LogP contribution in [0.3, 0.4) is 0 Å². The molecular formula is C10H19NO3. The molecule has 0 radical (unpaired) electrons. The Morgan fingerprint density at radius 3 is 2.71 bits per heavy atom. The van der Waals surface area contributed by atoms with Gasteiger partial charge in [-0.15, -0.1) is 0 Å². The van der Waals surface area contributed by atoms with Crippen LogP contribution in [0.25, 0.3) is 0 Å². The lowest BCUT2D eigenvalue weighted by Crippen LogP contribution is -2.38. The van der Waals surface area contributed by atoms with Crippen molar-refractivity contribution in [1.82, 2.24) is 4.90 Å². The number of ether oxygens (including phenoxy) is 2. The quantitative estimate of drug-likeness (QED) is 0.607. The van der Waals surface area contributed by atoms with Crippen LogP contribution in [0.15, 0.2) is 0 Å². The summed E-state index contributed by atoms with van der Waals surface area (Å²) >= 11 is 0. The molecule has 1 rings (SSSR count). The van der Waals surface area contributed by atoms with E-state index < -0.39 is 0 Å². The summed E-state index contributed by atoms with van der Waals surface area (Å²) in [7, 11) is 1.65. The summed E-state index contributed by atoms with van der Waals surface area (Å²) in [6, 6.07) is 0.443. The SMILES string of the molecule is CCOCC(=O)N(CCOC)C1CC1. The first kappa shape index (κ1) is 11.5. The lowest BCUT2D eigenvalue weighted by molar-refractivity contribution is -0.137. The lowest BCUT2D eigenvalue weighted by atomic mass is 10.4. The molecule has 0 aromatic carbocycles. The summed E-state index contributed by atoms with van der Waals surface area (Å²) in [5, 5.41) is 0. The lowest BCUT2D eigenvalue weighted by Gasteiger charge is -2.21. The van der Waals surface area contributed by atoms with Crippen molar-refractivity contribution in [3.63, 3.8) is 0 Å². The fourth-order valence-corrected chi connectivity index (χ4v) is 1.36. The zero-order chi connectivity index (χ0) is 10.4. The van der Waals surface area contributed by atoms with Crippen LogP contribution >= 0.6 is 0 Å². The van der Waals surface area contributed by atoms with Gasteiger partial charge in [0.2, 0.25) is 5.91 Å².